The molecule has 16 heavy (non-hydrogen) atoms. The number of hydrogen-bond acceptors (Lipinski definition) is 2. The molecule has 0 bridgehead atoms. The summed E-state index contributed by atoms with van der Waals surface area (Å²) in [6.45, 7) is 1.16. The number of thioether (sulfide) groups is 1. The fourth-order valence-corrected chi connectivity index (χ4v) is 1.55. The summed E-state index contributed by atoms with van der Waals surface area (Å²) in [7, 11) is 0. The van der Waals surface area contributed by atoms with Crippen molar-refractivity contribution in [3.8, 4) is 0 Å². The molecular weight excluding hydrogens is 265 g/mol. The van der Waals surface area contributed by atoms with Gasteiger partial charge in [-0.25, -0.2) is 4.39 Å². The van der Waals surface area contributed by atoms with E-state index in [9.17, 15) is 30.7 Å². The van der Waals surface area contributed by atoms with Gasteiger partial charge in [-0.15, -0.1) is 11.8 Å². The molecule has 0 fully saturated rings. The van der Waals surface area contributed by atoms with E-state index in [-0.39, 0.29) is 0 Å². The number of hydrogen-bond donors (Lipinski definition) is 1. The Kier molecular flexibility index (Phi) is 4.93. The van der Waals surface area contributed by atoms with Gasteiger partial charge in [-0.05, 0) is 12.7 Å². The smallest absolute Gasteiger partial charge is 0.383 e. The van der Waals surface area contributed by atoms with Gasteiger partial charge in [0.1, 0.15) is 0 Å². The summed E-state index contributed by atoms with van der Waals surface area (Å²) >= 11 is 0.406. The van der Waals surface area contributed by atoms with E-state index >= 15 is 0 Å². The maximum Gasteiger partial charge on any atom is 0.431 e. The molecule has 1 unspecified atom stereocenters. The summed E-state index contributed by atoms with van der Waals surface area (Å²) in [6.07, 6.45) is -13.8. The van der Waals surface area contributed by atoms with Gasteiger partial charge in [-0.2, -0.15) is 26.3 Å². The van der Waals surface area contributed by atoms with Gasteiger partial charge in [0.2, 0.25) is 0 Å². The highest BCUT2D eigenvalue weighted by atomic mass is 32.2. The first-order valence-electron chi connectivity index (χ1n) is 4.04. The van der Waals surface area contributed by atoms with Gasteiger partial charge in [0, 0.05) is 6.42 Å². The van der Waals surface area contributed by atoms with E-state index < -0.39 is 35.6 Å². The van der Waals surface area contributed by atoms with Crippen LogP contribution in [0, 0.1) is 0 Å². The maximum atomic E-state index is 12.9. The minimum absolute atomic E-state index is 0.406. The Labute approximate surface area is 91.0 Å². The first-order valence-corrected chi connectivity index (χ1v) is 5.09. The Morgan fingerprint density at radius 2 is 1.38 bits per heavy atom. The Morgan fingerprint density at radius 1 is 1.00 bits per heavy atom. The summed E-state index contributed by atoms with van der Waals surface area (Å²) in [6, 6.07) is 0. The molecule has 0 aromatic rings. The second-order valence-corrected chi connectivity index (χ2v) is 4.44. The highest BCUT2D eigenvalue weighted by Gasteiger charge is 2.71. The molecule has 0 amide bonds. The van der Waals surface area contributed by atoms with Crippen molar-refractivity contribution in [1.82, 2.24) is 0 Å². The van der Waals surface area contributed by atoms with E-state index in [1.807, 2.05) is 0 Å². The summed E-state index contributed by atoms with van der Waals surface area (Å²) in [5.41, 5.74) is -6.37. The predicted molar refractivity (Wildman–Crippen MR) is 44.7 cm³/mol. The lowest BCUT2D eigenvalue weighted by Gasteiger charge is -2.29. The normalized spacial score (nSPS) is 16.3. The van der Waals surface area contributed by atoms with Crippen LogP contribution >= 0.6 is 11.8 Å². The van der Waals surface area contributed by atoms with Crippen LogP contribution in [0.3, 0.4) is 0 Å². The Bertz CT molecular complexity index is 208. The molecule has 0 aliphatic carbocycles. The molecule has 0 radical (unpaired) electrons. The van der Waals surface area contributed by atoms with Gasteiger partial charge >= 0.3 is 12.4 Å². The van der Waals surface area contributed by atoms with Crippen LogP contribution in [0.25, 0.3) is 0 Å². The van der Waals surface area contributed by atoms with Crippen molar-refractivity contribution in [3.05, 3.63) is 0 Å². The second kappa shape index (κ2) is 4.99. The molecule has 0 aliphatic rings. The third kappa shape index (κ3) is 3.69. The zero-order chi connectivity index (χ0) is 13.2. The van der Waals surface area contributed by atoms with Crippen molar-refractivity contribution in [3.63, 3.8) is 0 Å². The molecule has 0 aromatic heterocycles. The lowest BCUT2D eigenvalue weighted by atomic mass is 10.0. The van der Waals surface area contributed by atoms with Gasteiger partial charge in [-0.1, -0.05) is 0 Å². The SMILES string of the molecule is CC(O)SCCC(F)(C(F)(F)F)C(F)(F)F. The first kappa shape index (κ1) is 15.8. The van der Waals surface area contributed by atoms with Crippen molar-refractivity contribution in [2.24, 2.45) is 0 Å². The molecule has 1 atom stereocenters. The minimum atomic E-state index is -6.01. The molecule has 1 N–H and O–H groups in total. The number of aliphatic hydroxyl groups is 1. The van der Waals surface area contributed by atoms with Crippen LogP contribution in [0.2, 0.25) is 0 Å². The number of rotatable bonds is 4. The number of halogens is 7. The van der Waals surface area contributed by atoms with Gasteiger partial charge in [0.25, 0.3) is 5.67 Å². The molecule has 0 saturated carbocycles. The molecule has 0 aliphatic heterocycles. The van der Waals surface area contributed by atoms with Crippen LogP contribution in [-0.2, 0) is 0 Å². The summed E-state index contributed by atoms with van der Waals surface area (Å²) in [5.74, 6) is -0.785. The zero-order valence-corrected chi connectivity index (χ0v) is 8.81. The highest BCUT2D eigenvalue weighted by molar-refractivity contribution is 7.99. The molecule has 0 saturated heterocycles. The van der Waals surface area contributed by atoms with E-state index in [2.05, 4.69) is 0 Å². The molecular formula is C7H9F7OS. The lowest BCUT2D eigenvalue weighted by Crippen LogP contribution is -2.53. The summed E-state index contributed by atoms with van der Waals surface area (Å²) in [4.78, 5) is 0. The van der Waals surface area contributed by atoms with Crippen molar-refractivity contribution < 1.29 is 35.8 Å². The minimum Gasteiger partial charge on any atom is -0.383 e. The Balaban J connectivity index is 4.71. The number of aliphatic hydroxyl groups excluding tert-OH is 1. The van der Waals surface area contributed by atoms with Gasteiger partial charge < -0.3 is 5.11 Å². The monoisotopic (exact) mass is 274 g/mol. The van der Waals surface area contributed by atoms with Crippen molar-refractivity contribution in [2.75, 3.05) is 5.75 Å². The van der Waals surface area contributed by atoms with E-state index in [1.165, 1.54) is 0 Å². The predicted octanol–water partition coefficient (Wildman–Crippen LogP) is 3.28. The average molecular weight is 274 g/mol. The standard InChI is InChI=1S/C7H9F7OS/c1-4(15)16-3-2-5(8,6(9,10)11)7(12,13)14/h4,15H,2-3H2,1H3. The third-order valence-corrected chi connectivity index (χ3v) is 2.63. The molecule has 0 rings (SSSR count). The number of alkyl halides is 7. The quantitative estimate of drug-likeness (QED) is 0.627. The van der Waals surface area contributed by atoms with E-state index in [4.69, 9.17) is 5.11 Å². The summed E-state index contributed by atoms with van der Waals surface area (Å²) in [5, 5.41) is 8.63. The molecule has 0 spiro atoms. The van der Waals surface area contributed by atoms with Crippen LogP contribution in [0.5, 0.6) is 0 Å². The molecule has 0 aromatic carbocycles. The van der Waals surface area contributed by atoms with Crippen LogP contribution in [0.4, 0.5) is 30.7 Å². The van der Waals surface area contributed by atoms with Gasteiger partial charge in [0.05, 0.1) is 5.44 Å². The highest BCUT2D eigenvalue weighted by Crippen LogP contribution is 2.48. The van der Waals surface area contributed by atoms with E-state index in [0.717, 1.165) is 6.92 Å². The van der Waals surface area contributed by atoms with Crippen LogP contribution in [0.1, 0.15) is 13.3 Å². The third-order valence-electron chi connectivity index (χ3n) is 1.70. The van der Waals surface area contributed by atoms with Crippen molar-refractivity contribution in [1.29, 1.82) is 0 Å². The van der Waals surface area contributed by atoms with Crippen LogP contribution < -0.4 is 0 Å². The lowest BCUT2D eigenvalue weighted by molar-refractivity contribution is -0.341. The molecule has 0 heterocycles. The maximum absolute atomic E-state index is 12.9. The van der Waals surface area contributed by atoms with Gasteiger partial charge in [-0.3, -0.25) is 0 Å². The van der Waals surface area contributed by atoms with E-state index in [0.29, 0.717) is 11.8 Å². The van der Waals surface area contributed by atoms with Crippen LogP contribution in [0.15, 0.2) is 0 Å². The fourth-order valence-electron chi connectivity index (χ4n) is 0.814. The fraction of sp³-hybridized carbons (Fsp3) is 1.00. The first-order chi connectivity index (χ1) is 6.92. The molecule has 98 valence electrons. The van der Waals surface area contributed by atoms with Crippen molar-refractivity contribution in [2.45, 2.75) is 36.8 Å². The van der Waals surface area contributed by atoms with Gasteiger partial charge in [0.15, 0.2) is 0 Å². The topological polar surface area (TPSA) is 20.2 Å². The zero-order valence-electron chi connectivity index (χ0n) is 7.99. The van der Waals surface area contributed by atoms with Crippen LogP contribution in [-0.4, -0.2) is 34.3 Å². The Hall–Kier alpha value is -0.180. The second-order valence-electron chi connectivity index (χ2n) is 3.02. The molecule has 9 heteroatoms. The van der Waals surface area contributed by atoms with Crippen molar-refractivity contribution >= 4 is 11.8 Å². The largest absolute Gasteiger partial charge is 0.431 e. The summed E-state index contributed by atoms with van der Waals surface area (Å²) < 4.78 is 84.7. The van der Waals surface area contributed by atoms with E-state index in [1.54, 1.807) is 0 Å². The Morgan fingerprint density at radius 3 is 1.62 bits per heavy atom. The average Bonchev–Trinajstić information content (AvgIpc) is 1.98. The molecule has 1 nitrogen and oxygen atoms in total.